The van der Waals surface area contributed by atoms with E-state index in [-0.39, 0.29) is 11.8 Å². The number of hydrogen-bond acceptors (Lipinski definition) is 5. The van der Waals surface area contributed by atoms with Gasteiger partial charge in [0.25, 0.3) is 5.69 Å². The molecule has 1 N–H and O–H groups in total. The zero-order chi connectivity index (χ0) is 13.0. The molecule has 0 unspecified atom stereocenters. The highest BCUT2D eigenvalue weighted by atomic mass is 16.6. The summed E-state index contributed by atoms with van der Waals surface area (Å²) in [6.07, 6.45) is -0.446. The summed E-state index contributed by atoms with van der Waals surface area (Å²) < 4.78 is 0. The van der Waals surface area contributed by atoms with E-state index in [1.165, 1.54) is 12.1 Å². The van der Waals surface area contributed by atoms with Crippen LogP contribution in [0.4, 0.5) is 5.69 Å². The van der Waals surface area contributed by atoms with Gasteiger partial charge < -0.3 is 5.11 Å². The molecule has 1 aromatic carbocycles. The van der Waals surface area contributed by atoms with Crippen LogP contribution >= 0.6 is 0 Å². The molecule has 0 aliphatic rings. The molecule has 0 radical (unpaired) electrons. The summed E-state index contributed by atoms with van der Waals surface area (Å²) in [6, 6.07) is 3.59. The number of hydrogen-bond donors (Lipinski definition) is 1. The SMILES string of the molecule is O=CC(=O)Cc1cccc(C(=O)O)c1[N+](=O)[O-]. The van der Waals surface area contributed by atoms with Crippen molar-refractivity contribution in [3.63, 3.8) is 0 Å². The number of Topliss-reactive ketones (excluding diaryl/α,β-unsaturated/α-hetero) is 1. The van der Waals surface area contributed by atoms with Crippen molar-refractivity contribution in [2.24, 2.45) is 0 Å². The van der Waals surface area contributed by atoms with Crippen LogP contribution in [0.15, 0.2) is 18.2 Å². The van der Waals surface area contributed by atoms with Gasteiger partial charge in [-0.2, -0.15) is 0 Å². The normalized spacial score (nSPS) is 9.65. The van der Waals surface area contributed by atoms with Crippen LogP contribution in [-0.2, 0) is 16.0 Å². The summed E-state index contributed by atoms with van der Waals surface area (Å²) in [5.41, 5.74) is -1.26. The number of aromatic carboxylic acids is 1. The van der Waals surface area contributed by atoms with Gasteiger partial charge in [0.1, 0.15) is 5.56 Å². The number of carbonyl (C=O) groups is 3. The number of carboxylic acid groups (broad SMARTS) is 1. The van der Waals surface area contributed by atoms with E-state index in [1.54, 1.807) is 0 Å². The molecule has 0 saturated heterocycles. The van der Waals surface area contributed by atoms with E-state index < -0.39 is 34.3 Å². The van der Waals surface area contributed by atoms with Gasteiger partial charge in [0.15, 0.2) is 12.1 Å². The fraction of sp³-hybridized carbons (Fsp3) is 0.100. The molecule has 0 atom stereocenters. The minimum Gasteiger partial charge on any atom is -0.477 e. The fourth-order valence-electron chi connectivity index (χ4n) is 1.35. The number of carboxylic acids is 1. The molecule has 0 aliphatic carbocycles. The van der Waals surface area contributed by atoms with Gasteiger partial charge >= 0.3 is 5.97 Å². The van der Waals surface area contributed by atoms with Gasteiger partial charge in [0.2, 0.25) is 0 Å². The average molecular weight is 237 g/mol. The second kappa shape index (κ2) is 4.97. The van der Waals surface area contributed by atoms with E-state index in [4.69, 9.17) is 5.11 Å². The summed E-state index contributed by atoms with van der Waals surface area (Å²) in [6.45, 7) is 0. The molecular formula is C10H7NO6. The lowest BCUT2D eigenvalue weighted by Crippen LogP contribution is -2.10. The lowest BCUT2D eigenvalue weighted by molar-refractivity contribution is -0.385. The number of nitro benzene ring substituents is 1. The van der Waals surface area contributed by atoms with Crippen molar-refractivity contribution < 1.29 is 24.4 Å². The molecular weight excluding hydrogens is 230 g/mol. The molecule has 0 heterocycles. The summed E-state index contributed by atoms with van der Waals surface area (Å²) in [5, 5.41) is 19.5. The number of nitrogens with zero attached hydrogens (tertiary/aromatic N) is 1. The van der Waals surface area contributed by atoms with Crippen molar-refractivity contribution in [2.75, 3.05) is 0 Å². The third kappa shape index (κ3) is 2.71. The second-order valence-corrected chi connectivity index (χ2v) is 3.14. The minimum absolute atomic E-state index is 0.0389. The molecule has 0 fully saturated rings. The first-order valence-electron chi connectivity index (χ1n) is 4.45. The Hall–Kier alpha value is -2.57. The maximum Gasteiger partial charge on any atom is 0.342 e. The summed E-state index contributed by atoms with van der Waals surface area (Å²) in [5.74, 6) is -2.31. The van der Waals surface area contributed by atoms with Gasteiger partial charge in [-0.3, -0.25) is 19.7 Å². The fourth-order valence-corrected chi connectivity index (χ4v) is 1.35. The highest BCUT2D eigenvalue weighted by molar-refractivity contribution is 6.25. The first kappa shape index (κ1) is 12.5. The van der Waals surface area contributed by atoms with Gasteiger partial charge in [-0.05, 0) is 6.07 Å². The minimum atomic E-state index is -1.46. The monoisotopic (exact) mass is 237 g/mol. The lowest BCUT2D eigenvalue weighted by Gasteiger charge is -2.02. The van der Waals surface area contributed by atoms with Crippen LogP contribution in [0, 0.1) is 10.1 Å². The van der Waals surface area contributed by atoms with Crippen molar-refractivity contribution in [1.29, 1.82) is 0 Å². The molecule has 1 aromatic rings. The molecule has 0 spiro atoms. The highest BCUT2D eigenvalue weighted by Crippen LogP contribution is 2.24. The van der Waals surface area contributed by atoms with Gasteiger partial charge in [0.05, 0.1) is 4.92 Å². The molecule has 0 amide bonds. The van der Waals surface area contributed by atoms with Gasteiger partial charge in [-0.25, -0.2) is 4.79 Å². The Morgan fingerprint density at radius 2 is 2.06 bits per heavy atom. The Balaban J connectivity index is 3.34. The Kier molecular flexibility index (Phi) is 3.66. The largest absolute Gasteiger partial charge is 0.477 e. The first-order chi connectivity index (χ1) is 7.97. The highest BCUT2D eigenvalue weighted by Gasteiger charge is 2.24. The number of para-hydroxylation sites is 1. The number of carbonyl (C=O) groups excluding carboxylic acids is 2. The number of aldehydes is 1. The predicted octanol–water partition coefficient (Wildman–Crippen LogP) is 0.603. The van der Waals surface area contributed by atoms with Crippen molar-refractivity contribution in [2.45, 2.75) is 6.42 Å². The van der Waals surface area contributed by atoms with Gasteiger partial charge in [0, 0.05) is 12.0 Å². The van der Waals surface area contributed by atoms with Gasteiger partial charge in [-0.15, -0.1) is 0 Å². The molecule has 7 heteroatoms. The van der Waals surface area contributed by atoms with Crippen LogP contribution in [0.2, 0.25) is 0 Å². The van der Waals surface area contributed by atoms with Crippen LogP contribution < -0.4 is 0 Å². The Morgan fingerprint density at radius 1 is 1.41 bits per heavy atom. The van der Waals surface area contributed by atoms with E-state index in [1.807, 2.05) is 0 Å². The molecule has 0 aromatic heterocycles. The topological polar surface area (TPSA) is 115 Å². The van der Waals surface area contributed by atoms with Gasteiger partial charge in [-0.1, -0.05) is 12.1 Å². The first-order valence-corrected chi connectivity index (χ1v) is 4.45. The van der Waals surface area contributed by atoms with Crippen molar-refractivity contribution in [1.82, 2.24) is 0 Å². The maximum absolute atomic E-state index is 10.9. The Morgan fingerprint density at radius 3 is 2.53 bits per heavy atom. The maximum atomic E-state index is 10.9. The second-order valence-electron chi connectivity index (χ2n) is 3.14. The molecule has 17 heavy (non-hydrogen) atoms. The third-order valence-electron chi connectivity index (χ3n) is 2.03. The standard InChI is InChI=1S/C10H7NO6/c12-5-7(13)4-6-2-1-3-8(10(14)15)9(6)11(16)17/h1-3,5H,4H2,(H,14,15). The molecule has 0 saturated carbocycles. The smallest absolute Gasteiger partial charge is 0.342 e. The van der Waals surface area contributed by atoms with Crippen LogP contribution in [0.3, 0.4) is 0 Å². The summed E-state index contributed by atoms with van der Waals surface area (Å²) in [4.78, 5) is 41.7. The van der Waals surface area contributed by atoms with E-state index in [9.17, 15) is 24.5 Å². The Bertz CT molecular complexity index is 508. The molecule has 0 bridgehead atoms. The van der Waals surface area contributed by atoms with Crippen LogP contribution in [0.1, 0.15) is 15.9 Å². The van der Waals surface area contributed by atoms with Crippen LogP contribution in [0.25, 0.3) is 0 Å². The van der Waals surface area contributed by atoms with E-state index in [2.05, 4.69) is 0 Å². The zero-order valence-corrected chi connectivity index (χ0v) is 8.45. The third-order valence-corrected chi connectivity index (χ3v) is 2.03. The lowest BCUT2D eigenvalue weighted by atomic mass is 10.0. The Labute approximate surface area is 94.8 Å². The van der Waals surface area contributed by atoms with Crippen molar-refractivity contribution >= 4 is 23.7 Å². The number of benzene rings is 1. The zero-order valence-electron chi connectivity index (χ0n) is 8.45. The summed E-state index contributed by atoms with van der Waals surface area (Å²) >= 11 is 0. The number of nitro groups is 1. The molecule has 1 rings (SSSR count). The van der Waals surface area contributed by atoms with Crippen LogP contribution in [-0.4, -0.2) is 28.1 Å². The predicted molar refractivity (Wildman–Crippen MR) is 54.8 cm³/mol. The number of rotatable bonds is 5. The van der Waals surface area contributed by atoms with Crippen LogP contribution in [0.5, 0.6) is 0 Å². The molecule has 0 aliphatic heterocycles. The van der Waals surface area contributed by atoms with Crippen molar-refractivity contribution in [3.8, 4) is 0 Å². The molecule has 7 nitrogen and oxygen atoms in total. The van der Waals surface area contributed by atoms with E-state index in [0.717, 1.165) is 6.07 Å². The molecule has 88 valence electrons. The van der Waals surface area contributed by atoms with Crippen molar-refractivity contribution in [3.05, 3.63) is 39.4 Å². The average Bonchev–Trinajstić information content (AvgIpc) is 2.28. The number of ketones is 1. The quantitative estimate of drug-likeness (QED) is 0.347. The van der Waals surface area contributed by atoms with E-state index in [0.29, 0.717) is 0 Å². The summed E-state index contributed by atoms with van der Waals surface area (Å²) in [7, 11) is 0. The van der Waals surface area contributed by atoms with E-state index >= 15 is 0 Å².